The van der Waals surface area contributed by atoms with Gasteiger partial charge in [0.05, 0.1) is 5.69 Å². The van der Waals surface area contributed by atoms with Crippen LogP contribution in [-0.2, 0) is 0 Å². The summed E-state index contributed by atoms with van der Waals surface area (Å²) >= 11 is 0. The van der Waals surface area contributed by atoms with E-state index in [-0.39, 0.29) is 0 Å². The quantitative estimate of drug-likeness (QED) is 0.631. The van der Waals surface area contributed by atoms with E-state index < -0.39 is 0 Å². The van der Waals surface area contributed by atoms with E-state index in [2.05, 4.69) is 17.1 Å². The van der Waals surface area contributed by atoms with Crippen LogP contribution >= 0.6 is 0 Å². The first kappa shape index (κ1) is 10.7. The molecule has 0 atom stereocenters. The van der Waals surface area contributed by atoms with Crippen molar-refractivity contribution in [1.29, 1.82) is 0 Å². The second kappa shape index (κ2) is 4.41. The Morgan fingerprint density at radius 2 is 1.67 bits per heavy atom. The highest BCUT2D eigenvalue weighted by molar-refractivity contribution is 5.94. The van der Waals surface area contributed by atoms with Crippen molar-refractivity contribution in [2.45, 2.75) is 0 Å². The maximum absolute atomic E-state index is 10.7. The van der Waals surface area contributed by atoms with Gasteiger partial charge in [-0.15, -0.1) is 0 Å². The minimum Gasteiger partial charge on any atom is -0.298 e. The Hall–Kier alpha value is -2.48. The number of carbonyl (C=O) groups is 1. The van der Waals surface area contributed by atoms with Crippen LogP contribution in [0.25, 0.3) is 22.0 Å². The van der Waals surface area contributed by atoms with E-state index in [1.165, 1.54) is 5.39 Å². The summed E-state index contributed by atoms with van der Waals surface area (Å²) in [5, 5.41) is 2.29. The molecule has 0 amide bonds. The van der Waals surface area contributed by atoms with Crippen LogP contribution in [0.5, 0.6) is 0 Å². The average molecular weight is 233 g/mol. The van der Waals surface area contributed by atoms with Gasteiger partial charge in [-0.3, -0.25) is 9.78 Å². The van der Waals surface area contributed by atoms with Crippen LogP contribution in [0.4, 0.5) is 0 Å². The van der Waals surface area contributed by atoms with Crippen molar-refractivity contribution in [1.82, 2.24) is 4.98 Å². The largest absolute Gasteiger partial charge is 0.298 e. The second-order valence-electron chi connectivity index (χ2n) is 4.12. The molecule has 0 saturated heterocycles. The van der Waals surface area contributed by atoms with Gasteiger partial charge in [-0.05, 0) is 11.5 Å². The standard InChI is InChI=1S/C16H11NO/c18-11-12-5-7-14(8-6-12)16-15-4-2-1-3-13(15)9-10-17-16/h1-11H. The van der Waals surface area contributed by atoms with Crippen molar-refractivity contribution in [3.05, 3.63) is 66.4 Å². The van der Waals surface area contributed by atoms with Gasteiger partial charge in [-0.25, -0.2) is 0 Å². The summed E-state index contributed by atoms with van der Waals surface area (Å²) in [5.41, 5.74) is 2.65. The fraction of sp³-hybridized carbons (Fsp3) is 0. The molecule has 2 aromatic carbocycles. The smallest absolute Gasteiger partial charge is 0.150 e. The Labute approximate surface area is 105 Å². The van der Waals surface area contributed by atoms with Crippen molar-refractivity contribution in [2.75, 3.05) is 0 Å². The summed E-state index contributed by atoms with van der Waals surface area (Å²) in [7, 11) is 0. The molecule has 0 N–H and O–H groups in total. The van der Waals surface area contributed by atoms with Gasteiger partial charge in [0, 0.05) is 22.7 Å². The first-order chi connectivity index (χ1) is 8.88. The monoisotopic (exact) mass is 233 g/mol. The molecule has 0 spiro atoms. The lowest BCUT2D eigenvalue weighted by Crippen LogP contribution is -1.86. The fourth-order valence-electron chi connectivity index (χ4n) is 2.07. The summed E-state index contributed by atoms with van der Waals surface area (Å²) in [5.74, 6) is 0. The maximum atomic E-state index is 10.7. The molecule has 2 nitrogen and oxygen atoms in total. The third-order valence-electron chi connectivity index (χ3n) is 2.99. The Kier molecular flexibility index (Phi) is 2.61. The first-order valence-corrected chi connectivity index (χ1v) is 5.78. The zero-order valence-corrected chi connectivity index (χ0v) is 9.71. The third-order valence-corrected chi connectivity index (χ3v) is 2.99. The fourth-order valence-corrected chi connectivity index (χ4v) is 2.07. The van der Waals surface area contributed by atoms with Crippen LogP contribution in [0.3, 0.4) is 0 Å². The second-order valence-corrected chi connectivity index (χ2v) is 4.12. The Morgan fingerprint density at radius 1 is 0.889 bits per heavy atom. The SMILES string of the molecule is O=Cc1ccc(-c2nccc3ccccc23)cc1. The van der Waals surface area contributed by atoms with Gasteiger partial charge in [-0.1, -0.05) is 48.5 Å². The van der Waals surface area contributed by atoms with E-state index in [9.17, 15) is 4.79 Å². The van der Waals surface area contributed by atoms with E-state index in [1.54, 1.807) is 0 Å². The van der Waals surface area contributed by atoms with Crippen molar-refractivity contribution >= 4 is 17.1 Å². The highest BCUT2D eigenvalue weighted by atomic mass is 16.1. The Bertz CT molecular complexity index is 696. The van der Waals surface area contributed by atoms with E-state index >= 15 is 0 Å². The number of carbonyl (C=O) groups excluding carboxylic acids is 1. The molecule has 0 aliphatic rings. The van der Waals surface area contributed by atoms with E-state index in [0.717, 1.165) is 22.9 Å². The Balaban J connectivity index is 2.21. The van der Waals surface area contributed by atoms with Crippen LogP contribution in [0, 0.1) is 0 Å². The third kappa shape index (κ3) is 1.78. The lowest BCUT2D eigenvalue weighted by atomic mass is 10.0. The molecule has 0 saturated carbocycles. The van der Waals surface area contributed by atoms with Gasteiger partial charge in [-0.2, -0.15) is 0 Å². The highest BCUT2D eigenvalue weighted by Crippen LogP contribution is 2.26. The number of aromatic nitrogens is 1. The average Bonchev–Trinajstić information content (AvgIpc) is 2.47. The molecule has 18 heavy (non-hydrogen) atoms. The van der Waals surface area contributed by atoms with E-state index in [1.807, 2.05) is 48.7 Å². The van der Waals surface area contributed by atoms with E-state index in [4.69, 9.17) is 0 Å². The number of nitrogens with zero attached hydrogens (tertiary/aromatic N) is 1. The van der Waals surface area contributed by atoms with Crippen LogP contribution in [0.2, 0.25) is 0 Å². The van der Waals surface area contributed by atoms with Crippen molar-refractivity contribution in [3.63, 3.8) is 0 Å². The number of hydrogen-bond donors (Lipinski definition) is 0. The predicted molar refractivity (Wildman–Crippen MR) is 72.6 cm³/mol. The number of aldehydes is 1. The van der Waals surface area contributed by atoms with Gasteiger partial charge in [0.1, 0.15) is 6.29 Å². The topological polar surface area (TPSA) is 30.0 Å². The molecule has 0 bridgehead atoms. The zero-order chi connectivity index (χ0) is 12.4. The first-order valence-electron chi connectivity index (χ1n) is 5.78. The van der Waals surface area contributed by atoms with Crippen LogP contribution in [-0.4, -0.2) is 11.3 Å². The minimum atomic E-state index is 0.680. The predicted octanol–water partition coefficient (Wildman–Crippen LogP) is 3.71. The minimum absolute atomic E-state index is 0.680. The summed E-state index contributed by atoms with van der Waals surface area (Å²) in [4.78, 5) is 15.1. The van der Waals surface area contributed by atoms with Crippen molar-refractivity contribution in [2.24, 2.45) is 0 Å². The number of fused-ring (bicyclic) bond motifs is 1. The van der Waals surface area contributed by atoms with E-state index in [0.29, 0.717) is 5.56 Å². The normalized spacial score (nSPS) is 10.4. The summed E-state index contributed by atoms with van der Waals surface area (Å²) in [6, 6.07) is 17.6. The molecule has 0 aliphatic heterocycles. The number of pyridine rings is 1. The molecule has 3 aromatic rings. The zero-order valence-electron chi connectivity index (χ0n) is 9.71. The number of benzene rings is 2. The molecule has 0 unspecified atom stereocenters. The number of hydrogen-bond acceptors (Lipinski definition) is 2. The van der Waals surface area contributed by atoms with Crippen molar-refractivity contribution in [3.8, 4) is 11.3 Å². The lowest BCUT2D eigenvalue weighted by molar-refractivity contribution is 0.112. The lowest BCUT2D eigenvalue weighted by Gasteiger charge is -2.05. The molecule has 86 valence electrons. The molecule has 2 heteroatoms. The molecular formula is C16H11NO. The molecule has 1 heterocycles. The van der Waals surface area contributed by atoms with Crippen LogP contribution < -0.4 is 0 Å². The summed E-state index contributed by atoms with van der Waals surface area (Å²) in [6.07, 6.45) is 2.66. The Morgan fingerprint density at radius 3 is 2.44 bits per heavy atom. The molecule has 0 radical (unpaired) electrons. The van der Waals surface area contributed by atoms with Crippen LogP contribution in [0.1, 0.15) is 10.4 Å². The molecule has 0 fully saturated rings. The van der Waals surface area contributed by atoms with Gasteiger partial charge in [0.2, 0.25) is 0 Å². The molecule has 3 rings (SSSR count). The van der Waals surface area contributed by atoms with Gasteiger partial charge in [0.25, 0.3) is 0 Å². The molecular weight excluding hydrogens is 222 g/mol. The maximum Gasteiger partial charge on any atom is 0.150 e. The summed E-state index contributed by atoms with van der Waals surface area (Å²) in [6.45, 7) is 0. The van der Waals surface area contributed by atoms with Crippen molar-refractivity contribution < 1.29 is 4.79 Å². The molecule has 0 aliphatic carbocycles. The highest BCUT2D eigenvalue weighted by Gasteiger charge is 2.04. The van der Waals surface area contributed by atoms with Crippen LogP contribution in [0.15, 0.2) is 60.8 Å². The summed E-state index contributed by atoms with van der Waals surface area (Å²) < 4.78 is 0. The molecule has 1 aromatic heterocycles. The van der Waals surface area contributed by atoms with Gasteiger partial charge >= 0.3 is 0 Å². The van der Waals surface area contributed by atoms with Gasteiger partial charge in [0.15, 0.2) is 0 Å². The number of rotatable bonds is 2. The van der Waals surface area contributed by atoms with Gasteiger partial charge < -0.3 is 0 Å².